The van der Waals surface area contributed by atoms with Crippen molar-refractivity contribution in [3.8, 4) is 0 Å². The quantitative estimate of drug-likeness (QED) is 0.765. The lowest BCUT2D eigenvalue weighted by atomic mass is 9.93. The third-order valence-electron chi connectivity index (χ3n) is 5.74. The smallest absolute Gasteiger partial charge is 0.246 e. The number of aromatic nitrogens is 1. The molecule has 2 aliphatic rings. The van der Waals surface area contributed by atoms with Crippen LogP contribution in [0.25, 0.3) is 10.9 Å². The summed E-state index contributed by atoms with van der Waals surface area (Å²) in [5.74, 6) is 0.0714. The van der Waals surface area contributed by atoms with Crippen LogP contribution in [0.3, 0.4) is 0 Å². The summed E-state index contributed by atoms with van der Waals surface area (Å²) < 4.78 is 0. The number of piperazine rings is 1. The van der Waals surface area contributed by atoms with Gasteiger partial charge in [0.2, 0.25) is 11.8 Å². The molecule has 5 heteroatoms. The zero-order valence-electron chi connectivity index (χ0n) is 15.2. The van der Waals surface area contributed by atoms with E-state index in [1.807, 2.05) is 49.4 Å². The molecule has 0 bridgehead atoms. The van der Waals surface area contributed by atoms with Crippen LogP contribution >= 0.6 is 0 Å². The Kier molecular flexibility index (Phi) is 3.57. The number of amides is 2. The van der Waals surface area contributed by atoms with E-state index in [1.54, 1.807) is 9.80 Å². The van der Waals surface area contributed by atoms with Crippen molar-refractivity contribution in [2.75, 3.05) is 6.54 Å². The van der Waals surface area contributed by atoms with Crippen LogP contribution in [0.2, 0.25) is 0 Å². The summed E-state index contributed by atoms with van der Waals surface area (Å²) in [5.41, 5.74) is 5.54. The van der Waals surface area contributed by atoms with Crippen LogP contribution in [-0.2, 0) is 29.1 Å². The molecule has 3 aromatic rings. The van der Waals surface area contributed by atoms with Gasteiger partial charge in [-0.25, -0.2) is 0 Å². The number of benzene rings is 2. The lowest BCUT2D eigenvalue weighted by Crippen LogP contribution is -2.61. The van der Waals surface area contributed by atoms with Gasteiger partial charge in [0, 0.05) is 29.6 Å². The minimum absolute atomic E-state index is 0.0241. The van der Waals surface area contributed by atoms with E-state index < -0.39 is 6.04 Å². The second-order valence-electron chi connectivity index (χ2n) is 7.55. The van der Waals surface area contributed by atoms with E-state index in [1.165, 1.54) is 11.1 Å². The van der Waals surface area contributed by atoms with Crippen LogP contribution in [0.4, 0.5) is 0 Å². The van der Waals surface area contributed by atoms with Gasteiger partial charge in [0.05, 0.1) is 6.54 Å². The summed E-state index contributed by atoms with van der Waals surface area (Å²) in [5, 5.41) is 1.16. The monoisotopic (exact) mass is 359 g/mol. The first-order valence-electron chi connectivity index (χ1n) is 9.32. The van der Waals surface area contributed by atoms with E-state index in [0.717, 1.165) is 22.2 Å². The van der Waals surface area contributed by atoms with Gasteiger partial charge in [0.15, 0.2) is 0 Å². The Morgan fingerprint density at radius 3 is 2.63 bits per heavy atom. The fourth-order valence-corrected chi connectivity index (χ4v) is 4.28. The second kappa shape index (κ2) is 5.98. The third kappa shape index (κ3) is 2.62. The summed E-state index contributed by atoms with van der Waals surface area (Å²) >= 11 is 0. The Morgan fingerprint density at radius 1 is 1.04 bits per heavy atom. The molecular weight excluding hydrogens is 338 g/mol. The van der Waals surface area contributed by atoms with Gasteiger partial charge in [-0.3, -0.25) is 9.59 Å². The molecule has 2 amide bonds. The van der Waals surface area contributed by atoms with Gasteiger partial charge in [-0.1, -0.05) is 48.0 Å². The van der Waals surface area contributed by atoms with E-state index in [2.05, 4.69) is 11.1 Å². The fourth-order valence-electron chi connectivity index (χ4n) is 4.28. The number of H-pyrrole nitrogens is 1. The van der Waals surface area contributed by atoms with Crippen LogP contribution in [-0.4, -0.2) is 39.2 Å². The maximum Gasteiger partial charge on any atom is 0.246 e. The van der Waals surface area contributed by atoms with Crippen LogP contribution in [0.5, 0.6) is 0 Å². The molecule has 2 aliphatic heterocycles. The molecule has 5 rings (SSSR count). The molecule has 1 unspecified atom stereocenters. The van der Waals surface area contributed by atoms with Crippen molar-refractivity contribution < 1.29 is 9.59 Å². The van der Waals surface area contributed by atoms with Crippen molar-refractivity contribution in [3.05, 3.63) is 70.9 Å². The average molecular weight is 359 g/mol. The number of aromatic amines is 1. The molecule has 0 spiro atoms. The molecule has 1 aromatic heterocycles. The van der Waals surface area contributed by atoms with Crippen molar-refractivity contribution in [3.63, 3.8) is 0 Å². The molecule has 1 atom stereocenters. The first kappa shape index (κ1) is 16.1. The molecule has 1 fully saturated rings. The molecule has 1 saturated heterocycles. The molecule has 3 heterocycles. The van der Waals surface area contributed by atoms with Crippen molar-refractivity contribution in [1.29, 1.82) is 0 Å². The summed E-state index contributed by atoms with van der Waals surface area (Å²) in [4.78, 5) is 32.8. The predicted octanol–water partition coefficient (Wildman–Crippen LogP) is 2.77. The highest BCUT2D eigenvalue weighted by molar-refractivity contribution is 5.96. The number of aryl methyl sites for hydroxylation is 1. The first-order valence-corrected chi connectivity index (χ1v) is 9.32. The van der Waals surface area contributed by atoms with E-state index in [9.17, 15) is 9.59 Å². The highest BCUT2D eigenvalue weighted by atomic mass is 16.2. The van der Waals surface area contributed by atoms with E-state index >= 15 is 0 Å². The van der Waals surface area contributed by atoms with Crippen LogP contribution in [0.1, 0.15) is 22.4 Å². The molecular formula is C22H21N3O2. The number of hydrogen-bond donors (Lipinski definition) is 1. The van der Waals surface area contributed by atoms with Crippen molar-refractivity contribution >= 4 is 22.7 Å². The number of hydrogen-bond acceptors (Lipinski definition) is 2. The van der Waals surface area contributed by atoms with Crippen LogP contribution in [0.15, 0.2) is 48.5 Å². The summed E-state index contributed by atoms with van der Waals surface area (Å²) in [6.07, 6.45) is 0.578. The largest absolute Gasteiger partial charge is 0.357 e. The van der Waals surface area contributed by atoms with Crippen molar-refractivity contribution in [2.45, 2.75) is 32.5 Å². The van der Waals surface area contributed by atoms with Gasteiger partial charge >= 0.3 is 0 Å². The van der Waals surface area contributed by atoms with Gasteiger partial charge < -0.3 is 14.8 Å². The minimum Gasteiger partial charge on any atom is -0.357 e. The summed E-state index contributed by atoms with van der Waals surface area (Å²) in [6.45, 7) is 3.16. The maximum absolute atomic E-state index is 13.2. The van der Waals surface area contributed by atoms with E-state index in [4.69, 9.17) is 0 Å². The average Bonchev–Trinajstić information content (AvgIpc) is 3.04. The summed E-state index contributed by atoms with van der Waals surface area (Å²) in [6, 6.07) is 15.9. The molecule has 2 aromatic carbocycles. The van der Waals surface area contributed by atoms with Gasteiger partial charge in [-0.05, 0) is 24.1 Å². The number of rotatable bonds is 2. The Morgan fingerprint density at radius 2 is 1.81 bits per heavy atom. The Balaban J connectivity index is 1.45. The number of fused-ring (bicyclic) bond motifs is 4. The van der Waals surface area contributed by atoms with Crippen molar-refractivity contribution in [1.82, 2.24) is 14.8 Å². The second-order valence-corrected chi connectivity index (χ2v) is 7.55. The summed E-state index contributed by atoms with van der Waals surface area (Å²) in [7, 11) is 0. The zero-order chi connectivity index (χ0) is 18.5. The van der Waals surface area contributed by atoms with Crippen LogP contribution < -0.4 is 0 Å². The minimum atomic E-state index is -0.400. The third-order valence-corrected chi connectivity index (χ3v) is 5.74. The number of para-hydroxylation sites is 1. The first-order chi connectivity index (χ1) is 13.1. The highest BCUT2D eigenvalue weighted by Gasteiger charge is 2.42. The SMILES string of the molecule is Cc1ccc(CN2CC(=O)N3Cc4[nH]c5ccccc5c4CC3C2=O)cc1. The standard InChI is InChI=1S/C22H21N3O2/c1-14-6-8-15(9-7-14)11-24-13-21(26)25-12-19-17(10-20(25)22(24)27)16-4-2-3-5-18(16)23-19/h2-9,20,23H,10-13H2,1H3. The molecule has 1 N–H and O–H groups in total. The van der Waals surface area contributed by atoms with Gasteiger partial charge in [-0.2, -0.15) is 0 Å². The Bertz CT molecular complexity index is 1050. The lowest BCUT2D eigenvalue weighted by molar-refractivity contribution is -0.157. The number of carbonyl (C=O) groups is 2. The maximum atomic E-state index is 13.2. The number of nitrogens with zero attached hydrogens (tertiary/aromatic N) is 2. The Labute approximate surface area is 157 Å². The zero-order valence-corrected chi connectivity index (χ0v) is 15.2. The molecule has 0 saturated carbocycles. The molecule has 27 heavy (non-hydrogen) atoms. The molecule has 0 aliphatic carbocycles. The van der Waals surface area contributed by atoms with E-state index in [0.29, 0.717) is 19.5 Å². The fraction of sp³-hybridized carbons (Fsp3) is 0.273. The number of nitrogens with one attached hydrogen (secondary N) is 1. The highest BCUT2D eigenvalue weighted by Crippen LogP contribution is 2.32. The molecule has 136 valence electrons. The van der Waals surface area contributed by atoms with Crippen molar-refractivity contribution in [2.24, 2.45) is 0 Å². The normalized spacial score (nSPS) is 19.4. The molecule has 0 radical (unpaired) electrons. The molecule has 5 nitrogen and oxygen atoms in total. The predicted molar refractivity (Wildman–Crippen MR) is 103 cm³/mol. The lowest BCUT2D eigenvalue weighted by Gasteiger charge is -2.42. The number of carbonyl (C=O) groups excluding carboxylic acids is 2. The topological polar surface area (TPSA) is 56.4 Å². The van der Waals surface area contributed by atoms with E-state index in [-0.39, 0.29) is 18.4 Å². The van der Waals surface area contributed by atoms with Gasteiger partial charge in [0.25, 0.3) is 0 Å². The Hall–Kier alpha value is -3.08. The van der Waals surface area contributed by atoms with Crippen LogP contribution in [0, 0.1) is 6.92 Å². The van der Waals surface area contributed by atoms with Gasteiger partial charge in [-0.15, -0.1) is 0 Å². The van der Waals surface area contributed by atoms with Gasteiger partial charge in [0.1, 0.15) is 12.6 Å².